The molecule has 46 heavy (non-hydrogen) atoms. The number of rotatable bonds is 8. The third-order valence-electron chi connectivity index (χ3n) is 8.75. The molecule has 0 amide bonds. The van der Waals surface area contributed by atoms with Crippen LogP contribution < -0.4 is 0 Å². The molecule has 0 N–H and O–H groups in total. The average molecular weight is 599 g/mol. The second kappa shape index (κ2) is 13.1. The smallest absolute Gasteiger partial charge is 0.357 e. The Morgan fingerprint density at radius 2 is 1.22 bits per heavy atom. The van der Waals surface area contributed by atoms with Gasteiger partial charge < -0.3 is 4.74 Å². The molecule has 0 fully saturated rings. The van der Waals surface area contributed by atoms with Gasteiger partial charge in [-0.05, 0) is 88.0 Å². The molecule has 6 aromatic rings. The first-order valence-corrected chi connectivity index (χ1v) is 15.3. The molecule has 1 heterocycles. The zero-order valence-corrected chi connectivity index (χ0v) is 26.2. The lowest BCUT2D eigenvalue weighted by Crippen LogP contribution is -2.33. The molecule has 0 spiro atoms. The minimum Gasteiger partial charge on any atom is -0.446 e. The molecule has 1 unspecified atom stereocenters. The molecule has 224 valence electrons. The molecule has 0 aliphatic rings. The van der Waals surface area contributed by atoms with E-state index in [1.54, 1.807) is 12.3 Å². The van der Waals surface area contributed by atoms with Crippen LogP contribution >= 0.6 is 0 Å². The highest BCUT2D eigenvalue weighted by atomic mass is 16.5. The van der Waals surface area contributed by atoms with E-state index in [1.807, 2.05) is 18.2 Å². The fourth-order valence-corrected chi connectivity index (χ4v) is 6.63. The van der Waals surface area contributed by atoms with Crippen LogP contribution in [0.1, 0.15) is 49.4 Å². The van der Waals surface area contributed by atoms with E-state index in [0.29, 0.717) is 0 Å². The van der Waals surface area contributed by atoms with Crippen molar-refractivity contribution in [2.75, 3.05) is 6.61 Å². The van der Waals surface area contributed by atoms with Crippen molar-refractivity contribution in [1.82, 2.24) is 4.98 Å². The number of hydrogen-bond donors (Lipinski definition) is 0. The molecule has 1 atom stereocenters. The van der Waals surface area contributed by atoms with E-state index >= 15 is 0 Å². The number of nitriles is 1. The number of benzene rings is 5. The first kappa shape index (κ1) is 30.2. The number of pyridine rings is 1. The fourth-order valence-electron chi connectivity index (χ4n) is 6.63. The third-order valence-corrected chi connectivity index (χ3v) is 8.75. The highest BCUT2D eigenvalue weighted by molar-refractivity contribution is 5.91. The van der Waals surface area contributed by atoms with Gasteiger partial charge in [0.2, 0.25) is 0 Å². The van der Waals surface area contributed by atoms with Crippen molar-refractivity contribution in [3.63, 3.8) is 0 Å². The van der Waals surface area contributed by atoms with Gasteiger partial charge in [0.05, 0.1) is 5.41 Å². The second-order valence-corrected chi connectivity index (χ2v) is 11.5. The summed E-state index contributed by atoms with van der Waals surface area (Å²) in [6, 6.07) is 48.2. The van der Waals surface area contributed by atoms with E-state index in [1.165, 1.54) is 16.7 Å². The number of hydrogen-bond acceptors (Lipinski definition) is 4. The quantitative estimate of drug-likeness (QED) is 0.129. The lowest BCUT2D eigenvalue weighted by Gasteiger charge is -2.39. The van der Waals surface area contributed by atoms with Gasteiger partial charge in [0.25, 0.3) is 0 Å². The van der Waals surface area contributed by atoms with Gasteiger partial charge in [-0.3, -0.25) is 0 Å². The average Bonchev–Trinajstić information content (AvgIpc) is 3.09. The van der Waals surface area contributed by atoms with Gasteiger partial charge in [-0.15, -0.1) is 0 Å². The Bertz CT molecular complexity index is 2060. The summed E-state index contributed by atoms with van der Waals surface area (Å²) in [5.74, 6) is -0.628. The lowest BCUT2D eigenvalue weighted by atomic mass is 9.62. The maximum Gasteiger partial charge on any atom is 0.357 e. The normalized spacial score (nSPS) is 12.1. The summed E-state index contributed by atoms with van der Waals surface area (Å²) < 4.78 is 5.08. The topological polar surface area (TPSA) is 63.0 Å². The minimum atomic E-state index is -0.828. The van der Waals surface area contributed by atoms with E-state index < -0.39 is 11.4 Å². The van der Waals surface area contributed by atoms with Gasteiger partial charge in [-0.25, -0.2) is 9.78 Å². The van der Waals surface area contributed by atoms with Crippen molar-refractivity contribution in [1.29, 1.82) is 5.26 Å². The Balaban J connectivity index is 1.78. The van der Waals surface area contributed by atoms with Crippen LogP contribution in [0.4, 0.5) is 0 Å². The molecule has 5 aromatic carbocycles. The lowest BCUT2D eigenvalue weighted by molar-refractivity contribution is 0.0548. The van der Waals surface area contributed by atoms with Gasteiger partial charge in [0.1, 0.15) is 11.8 Å². The maximum atomic E-state index is 12.7. The SMILES string of the molecule is Cc1ccccc1-c1cccc(C(c2ccccc2)(c2ccc(C(=O)OCC#N)nc2)c2ccccc2C)c1-c1ccccc1C. The Kier molecular flexibility index (Phi) is 8.59. The molecule has 4 heteroatoms. The predicted molar refractivity (Wildman–Crippen MR) is 184 cm³/mol. The summed E-state index contributed by atoms with van der Waals surface area (Å²) in [7, 11) is 0. The summed E-state index contributed by atoms with van der Waals surface area (Å²) >= 11 is 0. The van der Waals surface area contributed by atoms with Crippen LogP contribution in [-0.4, -0.2) is 17.6 Å². The van der Waals surface area contributed by atoms with E-state index in [-0.39, 0.29) is 12.3 Å². The number of ether oxygens (including phenoxy) is 1. The van der Waals surface area contributed by atoms with Crippen LogP contribution in [0.15, 0.2) is 140 Å². The zero-order valence-electron chi connectivity index (χ0n) is 26.2. The summed E-state index contributed by atoms with van der Waals surface area (Å²) in [5, 5.41) is 8.93. The molecule has 0 aliphatic heterocycles. The molecule has 0 aliphatic carbocycles. The number of nitrogens with zero attached hydrogens (tertiary/aromatic N) is 2. The van der Waals surface area contributed by atoms with Crippen molar-refractivity contribution >= 4 is 5.97 Å². The van der Waals surface area contributed by atoms with E-state index in [0.717, 1.165) is 44.5 Å². The minimum absolute atomic E-state index is 0.151. The third kappa shape index (κ3) is 5.38. The highest BCUT2D eigenvalue weighted by Gasteiger charge is 2.42. The van der Waals surface area contributed by atoms with E-state index in [4.69, 9.17) is 10.00 Å². The number of carbonyl (C=O) groups excluding carboxylic acids is 1. The summed E-state index contributed by atoms with van der Waals surface area (Å²) in [6.07, 6.45) is 1.78. The maximum absolute atomic E-state index is 12.7. The van der Waals surface area contributed by atoms with Crippen LogP contribution in [0.25, 0.3) is 22.3 Å². The number of esters is 1. The van der Waals surface area contributed by atoms with Crippen LogP contribution in [0.3, 0.4) is 0 Å². The largest absolute Gasteiger partial charge is 0.446 e. The molecular formula is C42H34N2O2. The number of aryl methyl sites for hydroxylation is 3. The van der Waals surface area contributed by atoms with Gasteiger partial charge >= 0.3 is 5.97 Å². The summed E-state index contributed by atoms with van der Waals surface area (Å²) in [6.45, 7) is 6.13. The van der Waals surface area contributed by atoms with Crippen molar-refractivity contribution in [3.8, 4) is 28.3 Å². The standard InChI is InChI=1S/C42H34N2O2/c1-29-14-7-10-19-34(29)36-21-13-23-38(40(36)35-20-11-8-15-30(35)2)42(32-17-5-4-6-18-32,37-22-12-9-16-31(37)3)33-24-25-39(44-28-33)41(45)46-27-26-43/h4-25,28H,27H2,1-3H3. The van der Waals surface area contributed by atoms with E-state index in [9.17, 15) is 4.79 Å². The molecule has 0 saturated carbocycles. The Morgan fingerprint density at radius 3 is 1.85 bits per heavy atom. The Hall–Kier alpha value is -5.79. The molecular weight excluding hydrogens is 564 g/mol. The fraction of sp³-hybridized carbons (Fsp3) is 0.119. The number of carbonyl (C=O) groups is 1. The first-order valence-electron chi connectivity index (χ1n) is 15.3. The molecule has 0 bridgehead atoms. The number of aromatic nitrogens is 1. The molecule has 0 radical (unpaired) electrons. The predicted octanol–water partition coefficient (Wildman–Crippen LogP) is 9.40. The van der Waals surface area contributed by atoms with Gasteiger partial charge in [-0.2, -0.15) is 5.26 Å². The molecule has 0 saturated heterocycles. The summed E-state index contributed by atoms with van der Waals surface area (Å²) in [5.41, 5.74) is 11.6. The van der Waals surface area contributed by atoms with Crippen LogP contribution in [-0.2, 0) is 10.2 Å². The highest BCUT2D eigenvalue weighted by Crippen LogP contribution is 2.51. The van der Waals surface area contributed by atoms with Gasteiger partial charge in [-0.1, -0.05) is 127 Å². The van der Waals surface area contributed by atoms with Gasteiger partial charge in [0, 0.05) is 6.20 Å². The van der Waals surface area contributed by atoms with Crippen LogP contribution in [0.2, 0.25) is 0 Å². The summed E-state index contributed by atoms with van der Waals surface area (Å²) in [4.78, 5) is 17.3. The van der Waals surface area contributed by atoms with E-state index in [2.05, 4.69) is 141 Å². The first-order chi connectivity index (χ1) is 22.5. The van der Waals surface area contributed by atoms with Crippen LogP contribution in [0.5, 0.6) is 0 Å². The molecule has 1 aromatic heterocycles. The van der Waals surface area contributed by atoms with Crippen molar-refractivity contribution < 1.29 is 9.53 Å². The Morgan fingerprint density at radius 1 is 0.630 bits per heavy atom. The zero-order chi connectivity index (χ0) is 32.1. The molecule has 4 nitrogen and oxygen atoms in total. The van der Waals surface area contributed by atoms with Crippen LogP contribution in [0, 0.1) is 32.1 Å². The van der Waals surface area contributed by atoms with Crippen molar-refractivity contribution in [2.45, 2.75) is 26.2 Å². The molecule has 6 rings (SSSR count). The van der Waals surface area contributed by atoms with Crippen molar-refractivity contribution in [2.24, 2.45) is 0 Å². The second-order valence-electron chi connectivity index (χ2n) is 11.5. The Labute approximate surface area is 270 Å². The van der Waals surface area contributed by atoms with Crippen molar-refractivity contribution in [3.05, 3.63) is 184 Å². The van der Waals surface area contributed by atoms with Gasteiger partial charge in [0.15, 0.2) is 6.61 Å². The monoisotopic (exact) mass is 598 g/mol.